The average Bonchev–Trinajstić information content (AvgIpc) is 2.57. The number of nitrogens with one attached hydrogen (secondary N) is 1. The molecule has 1 heterocycles. The summed E-state index contributed by atoms with van der Waals surface area (Å²) in [4.78, 5) is 2.27. The zero-order chi connectivity index (χ0) is 16.3. The Hall–Kier alpha value is -1.07. The third-order valence-electron chi connectivity index (χ3n) is 5.23. The lowest BCUT2D eigenvalue weighted by molar-refractivity contribution is -0.139. The number of hydrogen-bond acceptors (Lipinski definition) is 2. The molecular formula is C18H25F3N2. The van der Waals surface area contributed by atoms with Crippen LogP contribution in [0.3, 0.4) is 0 Å². The second-order valence-corrected chi connectivity index (χ2v) is 6.71. The molecule has 23 heavy (non-hydrogen) atoms. The first-order valence-corrected chi connectivity index (χ1v) is 8.68. The number of piperazine rings is 1. The maximum Gasteiger partial charge on any atom is 0.416 e. The fourth-order valence-corrected chi connectivity index (χ4v) is 4.17. The highest BCUT2D eigenvalue weighted by molar-refractivity contribution is 5.33. The van der Waals surface area contributed by atoms with E-state index >= 15 is 0 Å². The number of benzene rings is 1. The van der Waals surface area contributed by atoms with Crippen molar-refractivity contribution in [1.29, 1.82) is 0 Å². The smallest absolute Gasteiger partial charge is 0.314 e. The molecule has 1 N–H and O–H groups in total. The molecule has 0 spiro atoms. The third kappa shape index (κ3) is 3.89. The summed E-state index contributed by atoms with van der Waals surface area (Å²) in [7, 11) is 0. The van der Waals surface area contributed by atoms with Crippen LogP contribution < -0.4 is 5.32 Å². The molecule has 3 rings (SSSR count). The molecule has 1 aromatic rings. The number of hydrogen-bond donors (Lipinski definition) is 1. The Labute approximate surface area is 136 Å². The molecule has 5 heteroatoms. The van der Waals surface area contributed by atoms with Crippen LogP contribution in [0.15, 0.2) is 24.3 Å². The predicted molar refractivity (Wildman–Crippen MR) is 85.2 cm³/mol. The summed E-state index contributed by atoms with van der Waals surface area (Å²) in [6.45, 7) is 3.37. The van der Waals surface area contributed by atoms with Gasteiger partial charge in [-0.25, -0.2) is 0 Å². The monoisotopic (exact) mass is 326 g/mol. The zero-order valence-electron chi connectivity index (χ0n) is 13.4. The zero-order valence-corrected chi connectivity index (χ0v) is 13.4. The topological polar surface area (TPSA) is 15.3 Å². The van der Waals surface area contributed by atoms with Crippen LogP contribution in [0.25, 0.3) is 0 Å². The van der Waals surface area contributed by atoms with Gasteiger partial charge in [-0.1, -0.05) is 37.5 Å². The van der Waals surface area contributed by atoms with Gasteiger partial charge < -0.3 is 5.32 Å². The van der Waals surface area contributed by atoms with Crippen molar-refractivity contribution in [3.05, 3.63) is 35.4 Å². The molecule has 1 aromatic carbocycles. The van der Waals surface area contributed by atoms with Crippen molar-refractivity contribution >= 4 is 0 Å². The Bertz CT molecular complexity index is 485. The summed E-state index contributed by atoms with van der Waals surface area (Å²) in [6.07, 6.45) is 1.30. The average molecular weight is 326 g/mol. The molecule has 1 saturated heterocycles. The molecule has 0 radical (unpaired) electrons. The molecule has 1 atom stereocenters. The van der Waals surface area contributed by atoms with Crippen molar-refractivity contribution in [2.75, 3.05) is 26.2 Å². The second-order valence-electron chi connectivity index (χ2n) is 6.71. The van der Waals surface area contributed by atoms with E-state index in [1.165, 1.54) is 18.6 Å². The van der Waals surface area contributed by atoms with Gasteiger partial charge in [0.25, 0.3) is 0 Å². The Morgan fingerprint density at radius 1 is 1.00 bits per heavy atom. The standard InChI is InChI=1S/C18H25F3N2/c19-18(20,21)16-9-5-4-8-15(16)17(14-6-2-1-3-7-14)23-12-10-22-11-13-23/h4-5,8-9,14,17,22H,1-3,6-7,10-13H2/t17-/m1/s1. The van der Waals surface area contributed by atoms with E-state index in [-0.39, 0.29) is 6.04 Å². The molecule has 1 saturated carbocycles. The predicted octanol–water partition coefficient (Wildman–Crippen LogP) is 4.23. The number of alkyl halides is 3. The summed E-state index contributed by atoms with van der Waals surface area (Å²) < 4.78 is 40.5. The molecule has 0 amide bonds. The summed E-state index contributed by atoms with van der Waals surface area (Å²) in [6, 6.07) is 6.09. The first kappa shape index (κ1) is 16.8. The van der Waals surface area contributed by atoms with Crippen LogP contribution in [0, 0.1) is 5.92 Å². The molecule has 2 nitrogen and oxygen atoms in total. The van der Waals surface area contributed by atoms with E-state index in [0.717, 1.165) is 51.9 Å². The maximum atomic E-state index is 13.5. The van der Waals surface area contributed by atoms with Crippen molar-refractivity contribution in [2.45, 2.75) is 44.3 Å². The van der Waals surface area contributed by atoms with Crippen LogP contribution in [0.5, 0.6) is 0 Å². The fraction of sp³-hybridized carbons (Fsp3) is 0.667. The van der Waals surface area contributed by atoms with E-state index in [2.05, 4.69) is 10.2 Å². The first-order chi connectivity index (χ1) is 11.1. The Kier molecular flexibility index (Phi) is 5.27. The van der Waals surface area contributed by atoms with Gasteiger partial charge in [0.05, 0.1) is 5.56 Å². The van der Waals surface area contributed by atoms with Crippen molar-refractivity contribution in [3.8, 4) is 0 Å². The maximum absolute atomic E-state index is 13.5. The lowest BCUT2D eigenvalue weighted by Gasteiger charge is -2.42. The van der Waals surface area contributed by atoms with Crippen LogP contribution in [0.4, 0.5) is 13.2 Å². The largest absolute Gasteiger partial charge is 0.416 e. The van der Waals surface area contributed by atoms with Gasteiger partial charge >= 0.3 is 6.18 Å². The Morgan fingerprint density at radius 2 is 1.65 bits per heavy atom. The summed E-state index contributed by atoms with van der Waals surface area (Å²) >= 11 is 0. The summed E-state index contributed by atoms with van der Waals surface area (Å²) in [5, 5.41) is 3.30. The van der Waals surface area contributed by atoms with Gasteiger partial charge in [0.1, 0.15) is 0 Å². The molecule has 1 aliphatic carbocycles. The molecule has 2 aliphatic rings. The Morgan fingerprint density at radius 3 is 2.30 bits per heavy atom. The van der Waals surface area contributed by atoms with Gasteiger partial charge in [0, 0.05) is 32.2 Å². The van der Waals surface area contributed by atoms with Crippen LogP contribution >= 0.6 is 0 Å². The van der Waals surface area contributed by atoms with E-state index in [4.69, 9.17) is 0 Å². The minimum absolute atomic E-state index is 0.102. The van der Waals surface area contributed by atoms with Crippen LogP contribution in [-0.2, 0) is 6.18 Å². The lowest BCUT2D eigenvalue weighted by Crippen LogP contribution is -2.47. The molecule has 1 aliphatic heterocycles. The molecule has 128 valence electrons. The van der Waals surface area contributed by atoms with E-state index in [9.17, 15) is 13.2 Å². The first-order valence-electron chi connectivity index (χ1n) is 8.68. The highest BCUT2D eigenvalue weighted by atomic mass is 19.4. The van der Waals surface area contributed by atoms with E-state index in [0.29, 0.717) is 11.5 Å². The van der Waals surface area contributed by atoms with E-state index in [1.807, 2.05) is 0 Å². The van der Waals surface area contributed by atoms with Gasteiger partial charge in [-0.15, -0.1) is 0 Å². The highest BCUT2D eigenvalue weighted by Crippen LogP contribution is 2.43. The minimum atomic E-state index is -4.28. The van der Waals surface area contributed by atoms with Gasteiger partial charge in [-0.2, -0.15) is 13.2 Å². The minimum Gasteiger partial charge on any atom is -0.314 e. The molecule has 0 bridgehead atoms. The third-order valence-corrected chi connectivity index (χ3v) is 5.23. The SMILES string of the molecule is FC(F)(F)c1ccccc1[C@@H](C1CCCCC1)N1CCNCC1. The second kappa shape index (κ2) is 7.22. The normalized spacial score (nSPS) is 22.9. The van der Waals surface area contributed by atoms with E-state index in [1.54, 1.807) is 12.1 Å². The lowest BCUT2D eigenvalue weighted by atomic mass is 9.79. The summed E-state index contributed by atoms with van der Waals surface area (Å²) in [5.41, 5.74) is 0.0305. The van der Waals surface area contributed by atoms with Crippen molar-refractivity contribution < 1.29 is 13.2 Å². The van der Waals surface area contributed by atoms with Crippen LogP contribution in [0.1, 0.15) is 49.3 Å². The van der Waals surface area contributed by atoms with Gasteiger partial charge in [0.15, 0.2) is 0 Å². The van der Waals surface area contributed by atoms with Crippen molar-refractivity contribution in [1.82, 2.24) is 10.2 Å². The number of nitrogens with zero attached hydrogens (tertiary/aromatic N) is 1. The van der Waals surface area contributed by atoms with Crippen LogP contribution in [-0.4, -0.2) is 31.1 Å². The number of rotatable bonds is 3. The van der Waals surface area contributed by atoms with Gasteiger partial charge in [0.2, 0.25) is 0 Å². The summed E-state index contributed by atoms with van der Waals surface area (Å²) in [5.74, 6) is 0.338. The van der Waals surface area contributed by atoms with Crippen molar-refractivity contribution in [3.63, 3.8) is 0 Å². The van der Waals surface area contributed by atoms with E-state index < -0.39 is 11.7 Å². The molecular weight excluding hydrogens is 301 g/mol. The molecule has 2 fully saturated rings. The quantitative estimate of drug-likeness (QED) is 0.894. The Balaban J connectivity index is 1.97. The molecule has 0 unspecified atom stereocenters. The van der Waals surface area contributed by atoms with Gasteiger partial charge in [-0.05, 0) is 30.4 Å². The van der Waals surface area contributed by atoms with Crippen LogP contribution in [0.2, 0.25) is 0 Å². The fourth-order valence-electron chi connectivity index (χ4n) is 4.17. The molecule has 0 aromatic heterocycles. The highest BCUT2D eigenvalue weighted by Gasteiger charge is 2.39. The number of halogens is 3. The van der Waals surface area contributed by atoms with Gasteiger partial charge in [-0.3, -0.25) is 4.90 Å². The van der Waals surface area contributed by atoms with Crippen molar-refractivity contribution in [2.24, 2.45) is 5.92 Å².